The maximum absolute atomic E-state index is 13.3. The first-order chi connectivity index (χ1) is 13.6. The second-order valence-electron chi connectivity index (χ2n) is 7.30. The number of pyridine rings is 1. The first kappa shape index (κ1) is 18.2. The number of aryl methyl sites for hydroxylation is 1. The standard InChI is InChI=1S/C24H24N2O2/c1-17-9-5-6-12-19(17)16-25-24(28)23-20(18-10-3-2-4-11-18)15-22(27)26-14-8-7-13-21(23)26/h2-6,9-12,15H,7-8,13-14,16H2,1H3,(H,25,28). The van der Waals surface area contributed by atoms with Crippen LogP contribution in [0, 0.1) is 6.92 Å². The summed E-state index contributed by atoms with van der Waals surface area (Å²) in [4.78, 5) is 26.0. The molecule has 1 amide bonds. The van der Waals surface area contributed by atoms with Gasteiger partial charge in [0.2, 0.25) is 0 Å². The number of nitrogens with one attached hydrogen (secondary N) is 1. The molecule has 1 aromatic heterocycles. The van der Waals surface area contributed by atoms with E-state index in [9.17, 15) is 9.59 Å². The van der Waals surface area contributed by atoms with Gasteiger partial charge in [-0.2, -0.15) is 0 Å². The predicted molar refractivity (Wildman–Crippen MR) is 111 cm³/mol. The van der Waals surface area contributed by atoms with Gasteiger partial charge in [-0.1, -0.05) is 54.6 Å². The summed E-state index contributed by atoms with van der Waals surface area (Å²) in [6.45, 7) is 3.19. The molecule has 28 heavy (non-hydrogen) atoms. The van der Waals surface area contributed by atoms with Crippen molar-refractivity contribution in [2.45, 2.75) is 39.3 Å². The maximum atomic E-state index is 13.3. The number of hydrogen-bond donors (Lipinski definition) is 1. The molecule has 0 radical (unpaired) electrons. The van der Waals surface area contributed by atoms with Gasteiger partial charge in [0.25, 0.3) is 11.5 Å². The normalized spacial score (nSPS) is 13.0. The molecule has 4 heteroatoms. The highest BCUT2D eigenvalue weighted by atomic mass is 16.2. The van der Waals surface area contributed by atoms with Crippen LogP contribution in [0.3, 0.4) is 0 Å². The van der Waals surface area contributed by atoms with Crippen LogP contribution in [0.2, 0.25) is 0 Å². The van der Waals surface area contributed by atoms with Crippen molar-refractivity contribution in [3.63, 3.8) is 0 Å². The van der Waals surface area contributed by atoms with Gasteiger partial charge in [0.05, 0.1) is 5.56 Å². The Morgan fingerprint density at radius 3 is 2.57 bits per heavy atom. The second-order valence-corrected chi connectivity index (χ2v) is 7.30. The fourth-order valence-electron chi connectivity index (χ4n) is 3.94. The van der Waals surface area contributed by atoms with Crippen molar-refractivity contribution in [1.29, 1.82) is 0 Å². The molecule has 0 fully saturated rings. The van der Waals surface area contributed by atoms with Gasteiger partial charge in [0.15, 0.2) is 0 Å². The molecular formula is C24H24N2O2. The van der Waals surface area contributed by atoms with Crippen LogP contribution < -0.4 is 10.9 Å². The second kappa shape index (κ2) is 7.85. The number of rotatable bonds is 4. The molecule has 0 bridgehead atoms. The summed E-state index contributed by atoms with van der Waals surface area (Å²) in [7, 11) is 0. The lowest BCUT2D eigenvalue weighted by molar-refractivity contribution is 0.0949. The Kier molecular flexibility index (Phi) is 5.11. The Morgan fingerprint density at radius 2 is 1.79 bits per heavy atom. The molecule has 1 N–H and O–H groups in total. The lowest BCUT2D eigenvalue weighted by Crippen LogP contribution is -2.33. The van der Waals surface area contributed by atoms with Gasteiger partial charge >= 0.3 is 0 Å². The summed E-state index contributed by atoms with van der Waals surface area (Å²) >= 11 is 0. The Balaban J connectivity index is 1.77. The molecule has 0 atom stereocenters. The minimum Gasteiger partial charge on any atom is -0.348 e. The van der Waals surface area contributed by atoms with Crippen molar-refractivity contribution in [3.05, 3.63) is 93.4 Å². The lowest BCUT2D eigenvalue weighted by atomic mass is 9.94. The lowest BCUT2D eigenvalue weighted by Gasteiger charge is -2.23. The van der Waals surface area contributed by atoms with Crippen molar-refractivity contribution in [2.24, 2.45) is 0 Å². The van der Waals surface area contributed by atoms with Crippen molar-refractivity contribution < 1.29 is 4.79 Å². The van der Waals surface area contributed by atoms with Crippen LogP contribution in [0.25, 0.3) is 11.1 Å². The molecule has 0 aliphatic carbocycles. The van der Waals surface area contributed by atoms with E-state index >= 15 is 0 Å². The van der Waals surface area contributed by atoms with Crippen LogP contribution in [-0.2, 0) is 19.5 Å². The van der Waals surface area contributed by atoms with Crippen LogP contribution in [0.4, 0.5) is 0 Å². The van der Waals surface area contributed by atoms with Gasteiger partial charge in [0.1, 0.15) is 0 Å². The van der Waals surface area contributed by atoms with Gasteiger partial charge in [-0.15, -0.1) is 0 Å². The van der Waals surface area contributed by atoms with E-state index in [1.54, 1.807) is 10.6 Å². The third kappa shape index (κ3) is 3.50. The molecule has 0 saturated heterocycles. The highest BCUT2D eigenvalue weighted by Gasteiger charge is 2.24. The third-order valence-electron chi connectivity index (χ3n) is 5.48. The van der Waals surface area contributed by atoms with Crippen molar-refractivity contribution in [3.8, 4) is 11.1 Å². The van der Waals surface area contributed by atoms with Gasteiger partial charge in [-0.05, 0) is 42.9 Å². The summed E-state index contributed by atoms with van der Waals surface area (Å²) in [5, 5.41) is 3.08. The van der Waals surface area contributed by atoms with Crippen LogP contribution in [-0.4, -0.2) is 10.5 Å². The Hall–Kier alpha value is -3.14. The van der Waals surface area contributed by atoms with Crippen molar-refractivity contribution >= 4 is 5.91 Å². The van der Waals surface area contributed by atoms with Crippen molar-refractivity contribution in [1.82, 2.24) is 9.88 Å². The first-order valence-electron chi connectivity index (χ1n) is 9.80. The first-order valence-corrected chi connectivity index (χ1v) is 9.80. The minimum atomic E-state index is -0.118. The average molecular weight is 372 g/mol. The Bertz CT molecular complexity index is 1070. The fraction of sp³-hybridized carbons (Fsp3) is 0.250. The summed E-state index contributed by atoms with van der Waals surface area (Å²) in [6.07, 6.45) is 2.72. The van der Waals surface area contributed by atoms with Crippen LogP contribution >= 0.6 is 0 Å². The summed E-state index contributed by atoms with van der Waals surface area (Å²) < 4.78 is 1.78. The van der Waals surface area contributed by atoms with Gasteiger partial charge < -0.3 is 9.88 Å². The van der Waals surface area contributed by atoms with Gasteiger partial charge in [-0.25, -0.2) is 0 Å². The van der Waals surface area contributed by atoms with Crippen LogP contribution in [0.15, 0.2) is 65.5 Å². The molecule has 4 rings (SSSR count). The Labute approximate surface area is 164 Å². The van der Waals surface area contributed by atoms with E-state index in [4.69, 9.17) is 0 Å². The van der Waals surface area contributed by atoms with E-state index in [1.165, 1.54) is 0 Å². The minimum absolute atomic E-state index is 0.0241. The largest absolute Gasteiger partial charge is 0.348 e. The number of fused-ring (bicyclic) bond motifs is 1. The summed E-state index contributed by atoms with van der Waals surface area (Å²) in [5.41, 5.74) is 5.34. The number of carbonyl (C=O) groups is 1. The molecule has 4 nitrogen and oxygen atoms in total. The molecule has 0 spiro atoms. The Morgan fingerprint density at radius 1 is 1.04 bits per heavy atom. The number of amides is 1. The van der Waals surface area contributed by atoms with Crippen LogP contribution in [0.5, 0.6) is 0 Å². The van der Waals surface area contributed by atoms with E-state index < -0.39 is 0 Å². The number of carbonyl (C=O) groups excluding carboxylic acids is 1. The molecule has 2 aromatic carbocycles. The van der Waals surface area contributed by atoms with E-state index in [2.05, 4.69) is 5.32 Å². The zero-order valence-electron chi connectivity index (χ0n) is 16.1. The third-order valence-corrected chi connectivity index (χ3v) is 5.48. The van der Waals surface area contributed by atoms with E-state index in [0.717, 1.165) is 47.2 Å². The number of benzene rings is 2. The zero-order chi connectivity index (χ0) is 19.5. The molecule has 0 unspecified atom stereocenters. The molecule has 2 heterocycles. The zero-order valence-corrected chi connectivity index (χ0v) is 16.1. The summed E-state index contributed by atoms with van der Waals surface area (Å²) in [5.74, 6) is -0.118. The SMILES string of the molecule is Cc1ccccc1CNC(=O)c1c(-c2ccccc2)cc(=O)n2c1CCCC2. The quantitative estimate of drug-likeness (QED) is 0.750. The number of hydrogen-bond acceptors (Lipinski definition) is 2. The van der Waals surface area contributed by atoms with Gasteiger partial charge in [0, 0.05) is 30.4 Å². The average Bonchev–Trinajstić information content (AvgIpc) is 2.73. The van der Waals surface area contributed by atoms with E-state index in [0.29, 0.717) is 18.7 Å². The molecular weight excluding hydrogens is 348 g/mol. The molecule has 1 aliphatic rings. The fourth-order valence-corrected chi connectivity index (χ4v) is 3.94. The monoisotopic (exact) mass is 372 g/mol. The smallest absolute Gasteiger partial charge is 0.253 e. The van der Waals surface area contributed by atoms with Crippen LogP contribution in [0.1, 0.15) is 40.0 Å². The van der Waals surface area contributed by atoms with E-state index in [1.807, 2.05) is 61.5 Å². The van der Waals surface area contributed by atoms with Gasteiger partial charge in [-0.3, -0.25) is 9.59 Å². The van der Waals surface area contributed by atoms with Crippen molar-refractivity contribution in [2.75, 3.05) is 0 Å². The number of nitrogens with zero attached hydrogens (tertiary/aromatic N) is 1. The predicted octanol–water partition coefficient (Wildman–Crippen LogP) is 4.09. The van der Waals surface area contributed by atoms with E-state index in [-0.39, 0.29) is 11.5 Å². The molecule has 1 aliphatic heterocycles. The number of aromatic nitrogens is 1. The highest BCUT2D eigenvalue weighted by molar-refractivity contribution is 6.02. The summed E-state index contributed by atoms with van der Waals surface area (Å²) in [6, 6.07) is 19.4. The maximum Gasteiger partial charge on any atom is 0.253 e. The highest BCUT2D eigenvalue weighted by Crippen LogP contribution is 2.28. The molecule has 0 saturated carbocycles. The molecule has 142 valence electrons. The molecule has 3 aromatic rings. The topological polar surface area (TPSA) is 51.1 Å².